The number of rotatable bonds is 4. The van der Waals surface area contributed by atoms with Crippen molar-refractivity contribution in [3.63, 3.8) is 0 Å². The van der Waals surface area contributed by atoms with E-state index in [1.165, 1.54) is 21.9 Å². The topological polar surface area (TPSA) is 43.9 Å². The van der Waals surface area contributed by atoms with Gasteiger partial charge in [0.15, 0.2) is 0 Å². The first-order chi connectivity index (χ1) is 14.9. The molecule has 4 rings (SSSR count). The van der Waals surface area contributed by atoms with Crippen molar-refractivity contribution in [1.29, 1.82) is 0 Å². The number of hydrogen-bond acceptors (Lipinski definition) is 3. The Bertz CT molecular complexity index is 1120. The zero-order valence-electron chi connectivity index (χ0n) is 17.1. The molecule has 1 saturated heterocycles. The third-order valence-electron chi connectivity index (χ3n) is 5.29. The minimum atomic E-state index is -0.904. The number of benzene rings is 3. The highest BCUT2D eigenvalue weighted by Crippen LogP contribution is 2.36. The lowest BCUT2D eigenvalue weighted by atomic mass is 9.99. The molecule has 5 nitrogen and oxygen atoms in total. The Morgan fingerprint density at radius 3 is 2.19 bits per heavy atom. The average Bonchev–Trinajstić information content (AvgIpc) is 2.76. The molecule has 0 radical (unpaired) electrons. The van der Waals surface area contributed by atoms with Crippen LogP contribution < -0.4 is 14.7 Å². The van der Waals surface area contributed by atoms with E-state index < -0.39 is 11.9 Å². The van der Waals surface area contributed by atoms with Crippen molar-refractivity contribution in [2.45, 2.75) is 6.04 Å². The fourth-order valence-corrected chi connectivity index (χ4v) is 3.97. The van der Waals surface area contributed by atoms with E-state index in [2.05, 4.69) is 15.9 Å². The number of hydrogen-bond donors (Lipinski definition) is 0. The summed E-state index contributed by atoms with van der Waals surface area (Å²) in [6.45, 7) is -0.234. The standard InChI is InChI=1S/C24H21BrFN3O2/c1-27(2)18-11-7-16(8-12-18)23-24(31)28(21-6-4-3-5-20(21)26)15-22(30)29(23)19-13-9-17(25)10-14-19/h3-14,23H,15H2,1-2H3/t23-/m0/s1. The van der Waals surface area contributed by atoms with E-state index >= 15 is 0 Å². The first-order valence-corrected chi connectivity index (χ1v) is 10.6. The van der Waals surface area contributed by atoms with E-state index in [-0.39, 0.29) is 24.0 Å². The number of carbonyl (C=O) groups is 2. The van der Waals surface area contributed by atoms with Crippen molar-refractivity contribution >= 4 is 44.8 Å². The monoisotopic (exact) mass is 481 g/mol. The molecule has 0 spiro atoms. The Hall–Kier alpha value is -3.19. The van der Waals surface area contributed by atoms with Gasteiger partial charge in [-0.1, -0.05) is 40.2 Å². The maximum atomic E-state index is 14.5. The molecule has 7 heteroatoms. The lowest BCUT2D eigenvalue weighted by molar-refractivity contribution is -0.128. The molecule has 1 heterocycles. The van der Waals surface area contributed by atoms with Gasteiger partial charge in [-0.25, -0.2) is 4.39 Å². The highest BCUT2D eigenvalue weighted by Gasteiger charge is 2.42. The predicted molar refractivity (Wildman–Crippen MR) is 124 cm³/mol. The Kier molecular flexibility index (Phi) is 5.78. The fraction of sp³-hybridized carbons (Fsp3) is 0.167. The summed E-state index contributed by atoms with van der Waals surface area (Å²) in [5.74, 6) is -1.18. The van der Waals surface area contributed by atoms with E-state index in [0.29, 0.717) is 11.3 Å². The van der Waals surface area contributed by atoms with Crippen LogP contribution in [0, 0.1) is 5.82 Å². The zero-order valence-corrected chi connectivity index (χ0v) is 18.7. The van der Waals surface area contributed by atoms with E-state index in [1.807, 2.05) is 55.4 Å². The Morgan fingerprint density at radius 1 is 0.935 bits per heavy atom. The van der Waals surface area contributed by atoms with E-state index in [0.717, 1.165) is 10.2 Å². The van der Waals surface area contributed by atoms with Crippen LogP contribution in [0.1, 0.15) is 11.6 Å². The zero-order chi connectivity index (χ0) is 22.1. The van der Waals surface area contributed by atoms with Gasteiger partial charge in [-0.05, 0) is 54.1 Å². The molecule has 158 valence electrons. The van der Waals surface area contributed by atoms with E-state index in [9.17, 15) is 14.0 Å². The molecule has 3 aromatic carbocycles. The van der Waals surface area contributed by atoms with Crippen molar-refractivity contribution in [3.8, 4) is 0 Å². The Labute approximate surface area is 188 Å². The van der Waals surface area contributed by atoms with Crippen LogP contribution in [0.25, 0.3) is 0 Å². The van der Waals surface area contributed by atoms with Gasteiger partial charge in [0.2, 0.25) is 5.91 Å². The largest absolute Gasteiger partial charge is 0.378 e. The lowest BCUT2D eigenvalue weighted by Gasteiger charge is -2.40. The second-order valence-electron chi connectivity index (χ2n) is 7.50. The molecule has 0 aromatic heterocycles. The van der Waals surface area contributed by atoms with Crippen molar-refractivity contribution < 1.29 is 14.0 Å². The second-order valence-corrected chi connectivity index (χ2v) is 8.42. The molecular weight excluding hydrogens is 461 g/mol. The minimum absolute atomic E-state index is 0.103. The van der Waals surface area contributed by atoms with Gasteiger partial charge >= 0.3 is 0 Å². The first kappa shape index (κ1) is 21.1. The number of amides is 2. The third-order valence-corrected chi connectivity index (χ3v) is 5.82. The Morgan fingerprint density at radius 2 is 1.58 bits per heavy atom. The minimum Gasteiger partial charge on any atom is -0.378 e. The molecule has 1 aliphatic heterocycles. The van der Waals surface area contributed by atoms with Crippen LogP contribution in [0.2, 0.25) is 0 Å². The van der Waals surface area contributed by atoms with Crippen LogP contribution in [-0.4, -0.2) is 32.5 Å². The van der Waals surface area contributed by atoms with Crippen LogP contribution in [-0.2, 0) is 9.59 Å². The summed E-state index contributed by atoms with van der Waals surface area (Å²) in [5, 5.41) is 0. The van der Waals surface area contributed by atoms with Gasteiger partial charge in [-0.3, -0.25) is 19.4 Å². The Balaban J connectivity index is 1.81. The first-order valence-electron chi connectivity index (χ1n) is 9.77. The van der Waals surface area contributed by atoms with Crippen molar-refractivity contribution in [3.05, 3.63) is 88.6 Å². The third kappa shape index (κ3) is 4.05. The summed E-state index contributed by atoms with van der Waals surface area (Å²) >= 11 is 3.40. The van der Waals surface area contributed by atoms with Gasteiger partial charge in [0.05, 0.1) is 5.69 Å². The van der Waals surface area contributed by atoms with Crippen LogP contribution in [0.5, 0.6) is 0 Å². The number of carbonyl (C=O) groups excluding carboxylic acids is 2. The molecule has 0 unspecified atom stereocenters. The highest BCUT2D eigenvalue weighted by atomic mass is 79.9. The number of nitrogens with zero attached hydrogens (tertiary/aromatic N) is 3. The fourth-order valence-electron chi connectivity index (χ4n) is 3.71. The predicted octanol–water partition coefficient (Wildman–Crippen LogP) is 4.78. The van der Waals surface area contributed by atoms with Gasteiger partial charge in [-0.15, -0.1) is 0 Å². The second kappa shape index (κ2) is 8.51. The van der Waals surface area contributed by atoms with Crippen LogP contribution in [0.15, 0.2) is 77.3 Å². The molecule has 1 atom stereocenters. The molecule has 1 aliphatic rings. The van der Waals surface area contributed by atoms with Gasteiger partial charge < -0.3 is 4.90 Å². The molecule has 1 fully saturated rings. The summed E-state index contributed by atoms with van der Waals surface area (Å²) in [7, 11) is 3.86. The maximum Gasteiger partial charge on any atom is 0.255 e. The van der Waals surface area contributed by atoms with E-state index in [1.54, 1.807) is 24.3 Å². The van der Waals surface area contributed by atoms with E-state index in [4.69, 9.17) is 0 Å². The average molecular weight is 482 g/mol. The summed E-state index contributed by atoms with van der Waals surface area (Å²) in [4.78, 5) is 31.6. The smallest absolute Gasteiger partial charge is 0.255 e. The lowest BCUT2D eigenvalue weighted by Crippen LogP contribution is -2.56. The summed E-state index contributed by atoms with van der Waals surface area (Å²) in [6.07, 6.45) is 0. The van der Waals surface area contributed by atoms with Crippen molar-refractivity contribution in [1.82, 2.24) is 0 Å². The van der Waals surface area contributed by atoms with Gasteiger partial charge in [0.1, 0.15) is 18.4 Å². The summed E-state index contributed by atoms with van der Waals surface area (Å²) in [5.41, 5.74) is 2.34. The number of anilines is 3. The van der Waals surface area contributed by atoms with Gasteiger partial charge in [-0.2, -0.15) is 0 Å². The molecule has 0 bridgehead atoms. The van der Waals surface area contributed by atoms with Gasteiger partial charge in [0, 0.05) is 29.9 Å². The molecular formula is C24H21BrFN3O2. The maximum absolute atomic E-state index is 14.5. The molecule has 2 amide bonds. The SMILES string of the molecule is CN(C)c1ccc([C@H]2C(=O)N(c3ccccc3F)CC(=O)N2c2ccc(Br)cc2)cc1. The van der Waals surface area contributed by atoms with Crippen molar-refractivity contribution in [2.75, 3.05) is 35.3 Å². The molecule has 0 aliphatic carbocycles. The normalized spacial score (nSPS) is 16.6. The quantitative estimate of drug-likeness (QED) is 0.538. The molecule has 31 heavy (non-hydrogen) atoms. The summed E-state index contributed by atoms with van der Waals surface area (Å²) < 4.78 is 15.3. The number of halogens is 2. The molecule has 0 saturated carbocycles. The molecule has 3 aromatic rings. The number of para-hydroxylation sites is 1. The van der Waals surface area contributed by atoms with Crippen LogP contribution in [0.3, 0.4) is 0 Å². The molecule has 0 N–H and O–H groups in total. The number of piperazine rings is 1. The van der Waals surface area contributed by atoms with Crippen molar-refractivity contribution in [2.24, 2.45) is 0 Å². The van der Waals surface area contributed by atoms with Gasteiger partial charge in [0.25, 0.3) is 5.91 Å². The van der Waals surface area contributed by atoms with Crippen LogP contribution >= 0.6 is 15.9 Å². The summed E-state index contributed by atoms with van der Waals surface area (Å²) in [6, 6.07) is 19.8. The van der Waals surface area contributed by atoms with Crippen LogP contribution in [0.4, 0.5) is 21.5 Å². The highest BCUT2D eigenvalue weighted by molar-refractivity contribution is 9.10.